The third kappa shape index (κ3) is 5.33. The Morgan fingerprint density at radius 1 is 1.03 bits per heavy atom. The van der Waals surface area contributed by atoms with Gasteiger partial charge in [0.2, 0.25) is 0 Å². The Morgan fingerprint density at radius 3 is 2.45 bits per heavy atom. The van der Waals surface area contributed by atoms with Crippen LogP contribution in [0, 0.1) is 6.92 Å². The van der Waals surface area contributed by atoms with Gasteiger partial charge in [-0.1, -0.05) is 54.6 Å². The van der Waals surface area contributed by atoms with Crippen LogP contribution in [0.5, 0.6) is 0 Å². The van der Waals surface area contributed by atoms with Crippen molar-refractivity contribution in [2.45, 2.75) is 75.8 Å². The number of ether oxygens (including phenoxy) is 2. The molecule has 4 atom stereocenters. The van der Waals surface area contributed by atoms with E-state index in [2.05, 4.69) is 5.32 Å². The molecule has 2 aliphatic rings. The van der Waals surface area contributed by atoms with Gasteiger partial charge >= 0.3 is 0 Å². The first kappa shape index (κ1) is 22.0. The van der Waals surface area contributed by atoms with Gasteiger partial charge in [-0.05, 0) is 36.5 Å². The van der Waals surface area contributed by atoms with Crippen molar-refractivity contribution < 1.29 is 24.5 Å². The Hall–Kier alpha value is -2.25. The number of carbonyl (C=O) groups is 1. The minimum atomic E-state index is -1.26. The SMILES string of the molecule is Cc1ccccc1CO[C@]1(C(=O)NC2CC2)CC(OCc2ccccc2)[C@H](O)[C@H](O)C1. The molecule has 0 spiro atoms. The second-order valence-electron chi connectivity index (χ2n) is 8.76. The molecule has 3 N–H and O–H groups in total. The number of benzene rings is 2. The first-order chi connectivity index (χ1) is 15.0. The molecule has 31 heavy (non-hydrogen) atoms. The van der Waals surface area contributed by atoms with E-state index in [4.69, 9.17) is 9.47 Å². The van der Waals surface area contributed by atoms with Gasteiger partial charge in [0.25, 0.3) is 5.91 Å². The summed E-state index contributed by atoms with van der Waals surface area (Å²) in [5.41, 5.74) is 1.77. The maximum absolute atomic E-state index is 13.3. The van der Waals surface area contributed by atoms with Crippen LogP contribution in [-0.2, 0) is 27.5 Å². The van der Waals surface area contributed by atoms with Gasteiger partial charge in [-0.3, -0.25) is 4.79 Å². The van der Waals surface area contributed by atoms with E-state index in [1.54, 1.807) is 0 Å². The van der Waals surface area contributed by atoms with Crippen molar-refractivity contribution in [2.75, 3.05) is 0 Å². The second kappa shape index (κ2) is 9.49. The lowest BCUT2D eigenvalue weighted by Gasteiger charge is -2.44. The van der Waals surface area contributed by atoms with Gasteiger partial charge in [-0.2, -0.15) is 0 Å². The smallest absolute Gasteiger partial charge is 0.252 e. The van der Waals surface area contributed by atoms with Crippen LogP contribution in [0.25, 0.3) is 0 Å². The molecule has 166 valence electrons. The number of amides is 1. The standard InChI is InChI=1S/C25H31NO5/c1-17-7-5-6-10-19(17)16-31-25(24(29)26-20-11-12-20)13-21(27)23(28)22(14-25)30-15-18-8-3-2-4-9-18/h2-10,20-23,27-28H,11-16H2,1H3,(H,26,29)/t21-,22?,23-,25+/m1/s1. The topological polar surface area (TPSA) is 88.0 Å². The van der Waals surface area contributed by atoms with Crippen LogP contribution in [0.4, 0.5) is 0 Å². The van der Waals surface area contributed by atoms with Crippen LogP contribution in [0.2, 0.25) is 0 Å². The summed E-state index contributed by atoms with van der Waals surface area (Å²) in [6.07, 6.45) is -0.779. The van der Waals surface area contributed by atoms with Gasteiger partial charge < -0.3 is 25.0 Å². The van der Waals surface area contributed by atoms with E-state index >= 15 is 0 Å². The summed E-state index contributed by atoms with van der Waals surface area (Å²) in [6, 6.07) is 17.7. The molecule has 0 radical (unpaired) electrons. The van der Waals surface area contributed by atoms with Crippen LogP contribution in [-0.4, -0.2) is 46.1 Å². The summed E-state index contributed by atoms with van der Waals surface area (Å²) < 4.78 is 12.2. The van der Waals surface area contributed by atoms with Crippen LogP contribution in [0.3, 0.4) is 0 Å². The lowest BCUT2D eigenvalue weighted by molar-refractivity contribution is -0.200. The summed E-state index contributed by atoms with van der Waals surface area (Å²) >= 11 is 0. The van der Waals surface area contributed by atoms with Crippen molar-refractivity contribution in [1.82, 2.24) is 5.32 Å². The molecule has 2 saturated carbocycles. The van der Waals surface area contributed by atoms with Crippen molar-refractivity contribution in [3.05, 3.63) is 71.3 Å². The molecule has 2 aliphatic carbocycles. The molecule has 1 unspecified atom stereocenters. The summed E-state index contributed by atoms with van der Waals surface area (Å²) in [4.78, 5) is 13.3. The summed E-state index contributed by atoms with van der Waals surface area (Å²) in [5, 5.41) is 24.3. The normalized spacial score (nSPS) is 28.3. The molecule has 2 aromatic rings. The highest BCUT2D eigenvalue weighted by Crippen LogP contribution is 2.36. The molecule has 0 aromatic heterocycles. The highest BCUT2D eigenvalue weighted by atomic mass is 16.5. The maximum Gasteiger partial charge on any atom is 0.252 e. The van der Waals surface area contributed by atoms with Crippen molar-refractivity contribution in [1.29, 1.82) is 0 Å². The first-order valence-electron chi connectivity index (χ1n) is 11.0. The van der Waals surface area contributed by atoms with Crippen LogP contribution < -0.4 is 5.32 Å². The highest BCUT2D eigenvalue weighted by Gasteiger charge is 2.52. The number of hydrogen-bond acceptors (Lipinski definition) is 5. The van der Waals surface area contributed by atoms with Crippen molar-refractivity contribution in [2.24, 2.45) is 0 Å². The fraction of sp³-hybridized carbons (Fsp3) is 0.480. The van der Waals surface area contributed by atoms with E-state index in [0.717, 1.165) is 29.5 Å². The Kier molecular flexibility index (Phi) is 6.72. The number of carbonyl (C=O) groups excluding carboxylic acids is 1. The van der Waals surface area contributed by atoms with Gasteiger partial charge in [0.15, 0.2) is 5.60 Å². The zero-order valence-corrected chi connectivity index (χ0v) is 17.9. The molecule has 4 rings (SSSR count). The van der Waals surface area contributed by atoms with Crippen molar-refractivity contribution >= 4 is 5.91 Å². The van der Waals surface area contributed by atoms with E-state index in [0.29, 0.717) is 0 Å². The van der Waals surface area contributed by atoms with E-state index in [9.17, 15) is 15.0 Å². The largest absolute Gasteiger partial charge is 0.390 e. The average Bonchev–Trinajstić information content (AvgIpc) is 3.59. The third-order valence-corrected chi connectivity index (χ3v) is 6.24. The minimum Gasteiger partial charge on any atom is -0.390 e. The van der Waals surface area contributed by atoms with Crippen molar-refractivity contribution in [3.63, 3.8) is 0 Å². The van der Waals surface area contributed by atoms with Gasteiger partial charge in [0.05, 0.1) is 25.4 Å². The van der Waals surface area contributed by atoms with Crippen LogP contribution in [0.15, 0.2) is 54.6 Å². The zero-order chi connectivity index (χ0) is 21.8. The molecule has 0 bridgehead atoms. The lowest BCUT2D eigenvalue weighted by atomic mass is 9.78. The Morgan fingerprint density at radius 2 is 1.74 bits per heavy atom. The molecule has 0 heterocycles. The third-order valence-electron chi connectivity index (χ3n) is 6.24. The fourth-order valence-electron chi connectivity index (χ4n) is 4.07. The number of aliphatic hydroxyl groups is 2. The zero-order valence-electron chi connectivity index (χ0n) is 17.9. The molecular weight excluding hydrogens is 394 g/mol. The summed E-state index contributed by atoms with van der Waals surface area (Å²) in [7, 11) is 0. The van der Waals surface area contributed by atoms with E-state index in [1.807, 2.05) is 61.5 Å². The van der Waals surface area contributed by atoms with Crippen LogP contribution >= 0.6 is 0 Å². The first-order valence-corrected chi connectivity index (χ1v) is 11.0. The Balaban J connectivity index is 1.53. The van der Waals surface area contributed by atoms with Gasteiger partial charge in [-0.15, -0.1) is 0 Å². The Bertz CT molecular complexity index is 884. The summed E-state index contributed by atoms with van der Waals surface area (Å²) in [5.74, 6) is -0.233. The number of rotatable bonds is 8. The lowest BCUT2D eigenvalue weighted by Crippen LogP contribution is -2.60. The number of hydrogen-bond donors (Lipinski definition) is 3. The Labute approximate surface area is 183 Å². The van der Waals surface area contributed by atoms with E-state index in [-0.39, 0.29) is 38.0 Å². The molecule has 2 aromatic carbocycles. The van der Waals surface area contributed by atoms with Crippen LogP contribution in [0.1, 0.15) is 42.4 Å². The molecule has 0 saturated heterocycles. The molecule has 6 nitrogen and oxygen atoms in total. The maximum atomic E-state index is 13.3. The van der Waals surface area contributed by atoms with E-state index < -0.39 is 23.9 Å². The predicted molar refractivity (Wildman–Crippen MR) is 116 cm³/mol. The molecule has 1 amide bonds. The quantitative estimate of drug-likeness (QED) is 0.605. The number of aliphatic hydroxyl groups excluding tert-OH is 2. The van der Waals surface area contributed by atoms with Crippen molar-refractivity contribution in [3.8, 4) is 0 Å². The van der Waals surface area contributed by atoms with Gasteiger partial charge in [0, 0.05) is 18.9 Å². The average molecular weight is 426 g/mol. The molecule has 2 fully saturated rings. The monoisotopic (exact) mass is 425 g/mol. The van der Waals surface area contributed by atoms with Gasteiger partial charge in [-0.25, -0.2) is 0 Å². The molecular formula is C25H31NO5. The fourth-order valence-corrected chi connectivity index (χ4v) is 4.07. The molecule has 0 aliphatic heterocycles. The number of aryl methyl sites for hydroxylation is 1. The summed E-state index contributed by atoms with van der Waals surface area (Å²) in [6.45, 7) is 2.53. The predicted octanol–water partition coefficient (Wildman–Crippen LogP) is 2.63. The van der Waals surface area contributed by atoms with Gasteiger partial charge in [0.1, 0.15) is 6.10 Å². The second-order valence-corrected chi connectivity index (χ2v) is 8.76. The minimum absolute atomic E-state index is 0.0315. The number of nitrogens with one attached hydrogen (secondary N) is 1. The highest BCUT2D eigenvalue weighted by molar-refractivity contribution is 5.86. The molecule has 6 heteroatoms. The van der Waals surface area contributed by atoms with E-state index in [1.165, 1.54) is 0 Å².